The fourth-order valence-corrected chi connectivity index (χ4v) is 5.18. The molecule has 1 aliphatic rings. The van der Waals surface area contributed by atoms with Crippen LogP contribution in [0.25, 0.3) is 11.4 Å². The van der Waals surface area contributed by atoms with Gasteiger partial charge in [-0.15, -0.1) is 5.10 Å². The molecule has 212 valence electrons. The first-order chi connectivity index (χ1) is 19.8. The monoisotopic (exact) mass is 577 g/mol. The number of nitrogens with zero attached hydrogens (tertiary/aromatic N) is 7. The van der Waals surface area contributed by atoms with Gasteiger partial charge in [-0.3, -0.25) is 14.5 Å². The fraction of sp³-hybridized carbons (Fsp3) is 0.296. The number of amides is 3. The minimum Gasteiger partial charge on any atom is -0.465 e. The molecule has 3 amide bonds. The first kappa shape index (κ1) is 27.8. The molecule has 2 aromatic carbocycles. The van der Waals surface area contributed by atoms with Gasteiger partial charge in [-0.2, -0.15) is 5.10 Å². The molecule has 1 aliphatic heterocycles. The van der Waals surface area contributed by atoms with Crippen molar-refractivity contribution in [2.24, 2.45) is 0 Å². The maximum Gasteiger partial charge on any atom is 0.407 e. The lowest BCUT2D eigenvalue weighted by molar-refractivity contribution is -0.132. The van der Waals surface area contributed by atoms with Crippen LogP contribution in [0.15, 0.2) is 67.3 Å². The molecule has 3 atom stereocenters. The van der Waals surface area contributed by atoms with Crippen LogP contribution in [0.2, 0.25) is 5.02 Å². The van der Waals surface area contributed by atoms with Crippen LogP contribution in [-0.2, 0) is 16.1 Å². The van der Waals surface area contributed by atoms with Gasteiger partial charge in [-0.25, -0.2) is 14.2 Å². The number of piperidine rings is 1. The Balaban J connectivity index is 1.24. The summed E-state index contributed by atoms with van der Waals surface area (Å²) in [7, 11) is 0. The highest BCUT2D eigenvalue weighted by Gasteiger charge is 2.37. The second kappa shape index (κ2) is 12.2. The molecule has 0 spiro atoms. The zero-order chi connectivity index (χ0) is 28.9. The Kier molecular flexibility index (Phi) is 8.24. The topological polar surface area (TPSA) is 160 Å². The molecule has 3 heterocycles. The quantitative estimate of drug-likeness (QED) is 0.288. The largest absolute Gasteiger partial charge is 0.465 e. The van der Waals surface area contributed by atoms with E-state index in [1.165, 1.54) is 11.0 Å². The molecule has 41 heavy (non-hydrogen) atoms. The molecular weight excluding hydrogens is 550 g/mol. The number of likely N-dealkylation sites (tertiary alicyclic amines) is 1. The Morgan fingerprint density at radius 3 is 2.73 bits per heavy atom. The summed E-state index contributed by atoms with van der Waals surface area (Å²) in [5, 5.41) is 31.2. The second-order valence-electron chi connectivity index (χ2n) is 9.73. The third-order valence-corrected chi connectivity index (χ3v) is 7.34. The van der Waals surface area contributed by atoms with Crippen LogP contribution in [0.1, 0.15) is 36.8 Å². The lowest BCUT2D eigenvalue weighted by Gasteiger charge is -2.37. The molecular formula is C27H28ClN9O4. The fourth-order valence-electron chi connectivity index (χ4n) is 4.99. The van der Waals surface area contributed by atoms with Crippen molar-refractivity contribution in [2.45, 2.75) is 44.3 Å². The summed E-state index contributed by atoms with van der Waals surface area (Å²) in [5.41, 5.74) is 3.17. The first-order valence-electron chi connectivity index (χ1n) is 13.0. The predicted octanol–water partition coefficient (Wildman–Crippen LogP) is 2.55. The Bertz CT molecular complexity index is 1530. The van der Waals surface area contributed by atoms with E-state index in [2.05, 4.69) is 31.3 Å². The normalized spacial score (nSPS) is 17.6. The Labute approximate surface area is 240 Å². The molecule has 1 saturated heterocycles. The number of halogens is 1. The summed E-state index contributed by atoms with van der Waals surface area (Å²) in [6.07, 6.45) is 4.63. The van der Waals surface area contributed by atoms with Crippen molar-refractivity contribution in [3.63, 3.8) is 0 Å². The molecule has 14 heteroatoms. The van der Waals surface area contributed by atoms with Crippen molar-refractivity contribution in [2.75, 3.05) is 6.54 Å². The summed E-state index contributed by atoms with van der Waals surface area (Å²) in [6, 6.07) is 12.9. The Morgan fingerprint density at radius 1 is 1.15 bits per heavy atom. The standard InChI is InChI=1S/C27H28ClN9O4/c1-17(25(38)29-15-20-12-21(28)6-7-23(20)37-16-30-33-34-37)32-26(39)24-14-19(8-11-35(24)27(40)41)18-4-2-5-22(13-18)36-10-3-9-31-36/h2-7,9-10,12-13,16-17,19,24H,8,11,14-15H2,1H3,(H,29,38)(H,32,39)(H,40,41)/t17-,19-,24+/m0/s1. The van der Waals surface area contributed by atoms with E-state index in [0.717, 1.165) is 16.2 Å². The lowest BCUT2D eigenvalue weighted by atomic mass is 9.85. The van der Waals surface area contributed by atoms with E-state index < -0.39 is 30.0 Å². The number of aromatic nitrogens is 6. The van der Waals surface area contributed by atoms with Crippen LogP contribution in [-0.4, -0.2) is 76.5 Å². The summed E-state index contributed by atoms with van der Waals surface area (Å²) < 4.78 is 3.20. The minimum atomic E-state index is -1.18. The Morgan fingerprint density at radius 2 is 2.00 bits per heavy atom. The van der Waals surface area contributed by atoms with E-state index in [9.17, 15) is 19.5 Å². The zero-order valence-electron chi connectivity index (χ0n) is 22.1. The van der Waals surface area contributed by atoms with E-state index in [4.69, 9.17) is 11.6 Å². The van der Waals surface area contributed by atoms with Gasteiger partial charge in [-0.05, 0) is 83.6 Å². The number of carboxylic acid groups (broad SMARTS) is 1. The maximum absolute atomic E-state index is 13.3. The molecule has 0 radical (unpaired) electrons. The predicted molar refractivity (Wildman–Crippen MR) is 148 cm³/mol. The molecule has 0 saturated carbocycles. The van der Waals surface area contributed by atoms with Gasteiger partial charge in [-0.1, -0.05) is 23.7 Å². The molecule has 13 nitrogen and oxygen atoms in total. The molecule has 1 fully saturated rings. The van der Waals surface area contributed by atoms with Crippen LogP contribution in [0.3, 0.4) is 0 Å². The lowest BCUT2D eigenvalue weighted by Crippen LogP contribution is -2.56. The summed E-state index contributed by atoms with van der Waals surface area (Å²) in [6.45, 7) is 1.85. The zero-order valence-corrected chi connectivity index (χ0v) is 22.8. The van der Waals surface area contributed by atoms with E-state index in [-0.39, 0.29) is 25.4 Å². The van der Waals surface area contributed by atoms with E-state index in [0.29, 0.717) is 22.7 Å². The average Bonchev–Trinajstić information content (AvgIpc) is 3.71. The van der Waals surface area contributed by atoms with E-state index >= 15 is 0 Å². The van der Waals surface area contributed by atoms with Gasteiger partial charge in [0, 0.05) is 30.5 Å². The summed E-state index contributed by atoms with van der Waals surface area (Å²) in [5.74, 6) is -1.02. The highest BCUT2D eigenvalue weighted by Crippen LogP contribution is 2.33. The number of carbonyl (C=O) groups is 3. The van der Waals surface area contributed by atoms with Crippen LogP contribution < -0.4 is 10.6 Å². The minimum absolute atomic E-state index is 0.0477. The van der Waals surface area contributed by atoms with Crippen LogP contribution in [0.5, 0.6) is 0 Å². The number of carbonyl (C=O) groups excluding carboxylic acids is 2. The molecule has 3 N–H and O–H groups in total. The smallest absolute Gasteiger partial charge is 0.407 e. The SMILES string of the molecule is C[C@H](NC(=O)[C@H]1C[C@@H](c2cccc(-n3cccn3)c2)CCN1C(=O)O)C(=O)NCc1cc(Cl)ccc1-n1cnnn1. The maximum atomic E-state index is 13.3. The van der Waals surface area contributed by atoms with Crippen molar-refractivity contribution in [1.82, 2.24) is 45.5 Å². The molecule has 0 unspecified atom stereocenters. The average molecular weight is 578 g/mol. The van der Waals surface area contributed by atoms with Crippen molar-refractivity contribution >= 4 is 29.5 Å². The summed E-state index contributed by atoms with van der Waals surface area (Å²) in [4.78, 5) is 39.4. The Hall–Kier alpha value is -4.78. The van der Waals surface area contributed by atoms with Crippen molar-refractivity contribution in [3.8, 4) is 11.4 Å². The number of hydrogen-bond donors (Lipinski definition) is 3. The molecule has 2 aromatic heterocycles. The first-order valence-corrected chi connectivity index (χ1v) is 13.4. The third-order valence-electron chi connectivity index (χ3n) is 7.10. The van der Waals surface area contributed by atoms with Gasteiger partial charge in [0.2, 0.25) is 11.8 Å². The second-order valence-corrected chi connectivity index (χ2v) is 10.2. The van der Waals surface area contributed by atoms with Gasteiger partial charge >= 0.3 is 6.09 Å². The van der Waals surface area contributed by atoms with E-state index in [1.807, 2.05) is 36.5 Å². The molecule has 0 aliphatic carbocycles. The van der Waals surface area contributed by atoms with Crippen LogP contribution in [0.4, 0.5) is 4.79 Å². The number of hydrogen-bond acceptors (Lipinski definition) is 7. The van der Waals surface area contributed by atoms with Crippen LogP contribution >= 0.6 is 11.6 Å². The van der Waals surface area contributed by atoms with Gasteiger partial charge in [0.05, 0.1) is 11.4 Å². The van der Waals surface area contributed by atoms with Gasteiger partial charge in [0.25, 0.3) is 0 Å². The molecule has 5 rings (SSSR count). The van der Waals surface area contributed by atoms with Crippen molar-refractivity contribution < 1.29 is 19.5 Å². The number of benzene rings is 2. The third kappa shape index (κ3) is 6.35. The number of tetrazole rings is 1. The molecule has 0 bridgehead atoms. The van der Waals surface area contributed by atoms with Gasteiger partial charge < -0.3 is 15.7 Å². The molecule has 4 aromatic rings. The number of nitrogens with one attached hydrogen (secondary N) is 2. The highest BCUT2D eigenvalue weighted by atomic mass is 35.5. The van der Waals surface area contributed by atoms with Gasteiger partial charge in [0.15, 0.2) is 0 Å². The number of rotatable bonds is 8. The van der Waals surface area contributed by atoms with Gasteiger partial charge in [0.1, 0.15) is 18.4 Å². The van der Waals surface area contributed by atoms with Crippen molar-refractivity contribution in [3.05, 3.63) is 83.4 Å². The van der Waals surface area contributed by atoms with Crippen LogP contribution in [0, 0.1) is 0 Å². The van der Waals surface area contributed by atoms with Crippen molar-refractivity contribution in [1.29, 1.82) is 0 Å². The van der Waals surface area contributed by atoms with E-state index in [1.54, 1.807) is 36.0 Å². The summed E-state index contributed by atoms with van der Waals surface area (Å²) >= 11 is 6.15. The highest BCUT2D eigenvalue weighted by molar-refractivity contribution is 6.30.